The fourth-order valence-electron chi connectivity index (χ4n) is 3.12. The molecule has 0 aromatic rings. The summed E-state index contributed by atoms with van der Waals surface area (Å²) in [6.45, 7) is 8.75. The van der Waals surface area contributed by atoms with Crippen molar-refractivity contribution in [2.24, 2.45) is 5.41 Å². The molecule has 0 aliphatic carbocycles. The highest BCUT2D eigenvalue weighted by Crippen LogP contribution is 2.32. The molecule has 0 rings (SSSR count). The highest BCUT2D eigenvalue weighted by molar-refractivity contribution is 6.17. The first-order valence-corrected chi connectivity index (χ1v) is 12.0. The van der Waals surface area contributed by atoms with Crippen LogP contribution in [0.25, 0.3) is 0 Å². The van der Waals surface area contributed by atoms with Crippen LogP contribution in [0, 0.1) is 5.41 Å². The van der Waals surface area contributed by atoms with E-state index in [1.807, 2.05) is 6.92 Å². The van der Waals surface area contributed by atoms with E-state index in [0.29, 0.717) is 25.7 Å². The summed E-state index contributed by atoms with van der Waals surface area (Å²) in [6.07, 6.45) is 10.1. The average Bonchev–Trinajstić information content (AvgIpc) is 2.74. The smallest absolute Gasteiger partial charge is 0.335 e. The summed E-state index contributed by atoms with van der Waals surface area (Å²) in [5, 5.41) is 0. The number of carbonyl (C=O) groups is 3. The van der Waals surface area contributed by atoms with E-state index in [1.165, 1.54) is 0 Å². The Balaban J connectivity index is 5.48. The molecule has 0 fully saturated rings. The average molecular weight is 429 g/mol. The van der Waals surface area contributed by atoms with Gasteiger partial charge < -0.3 is 14.2 Å². The van der Waals surface area contributed by atoms with Crippen molar-refractivity contribution in [3.05, 3.63) is 0 Å². The van der Waals surface area contributed by atoms with Crippen LogP contribution >= 0.6 is 0 Å². The van der Waals surface area contributed by atoms with Gasteiger partial charge in [0.05, 0.1) is 19.8 Å². The lowest BCUT2D eigenvalue weighted by atomic mass is 9.82. The molecule has 30 heavy (non-hydrogen) atoms. The summed E-state index contributed by atoms with van der Waals surface area (Å²) in [5.74, 6) is -2.47. The third kappa shape index (κ3) is 10.4. The zero-order valence-corrected chi connectivity index (χ0v) is 19.8. The summed E-state index contributed by atoms with van der Waals surface area (Å²) in [7, 11) is 0. The molecule has 0 bridgehead atoms. The van der Waals surface area contributed by atoms with E-state index in [4.69, 9.17) is 14.2 Å². The van der Waals surface area contributed by atoms with E-state index >= 15 is 0 Å². The number of hydrogen-bond acceptors (Lipinski definition) is 6. The van der Waals surface area contributed by atoms with Crippen molar-refractivity contribution in [1.82, 2.24) is 0 Å². The Kier molecular flexibility index (Phi) is 17.2. The minimum Gasteiger partial charge on any atom is -0.464 e. The molecule has 0 unspecified atom stereocenters. The Labute approximate surface area is 183 Å². The van der Waals surface area contributed by atoms with Crippen LogP contribution in [0.5, 0.6) is 0 Å². The van der Waals surface area contributed by atoms with Gasteiger partial charge in [0.25, 0.3) is 5.41 Å². The Morgan fingerprint density at radius 1 is 0.500 bits per heavy atom. The van der Waals surface area contributed by atoms with E-state index in [-0.39, 0.29) is 26.2 Å². The van der Waals surface area contributed by atoms with Gasteiger partial charge in [-0.05, 0) is 25.7 Å². The number of carbonyl (C=O) groups excluding carboxylic acids is 3. The predicted octanol–water partition coefficient (Wildman–Crippen LogP) is 5.75. The third-order valence-electron chi connectivity index (χ3n) is 5.14. The van der Waals surface area contributed by atoms with Crippen LogP contribution in [0.1, 0.15) is 111 Å². The zero-order valence-electron chi connectivity index (χ0n) is 19.8. The Hall–Kier alpha value is -1.59. The summed E-state index contributed by atoms with van der Waals surface area (Å²) in [4.78, 5) is 39.2. The molecule has 0 aliphatic heterocycles. The molecule has 0 aromatic carbocycles. The second-order valence-corrected chi connectivity index (χ2v) is 7.89. The molecule has 6 heteroatoms. The van der Waals surface area contributed by atoms with E-state index in [2.05, 4.69) is 20.8 Å². The lowest BCUT2D eigenvalue weighted by Gasteiger charge is -2.27. The van der Waals surface area contributed by atoms with Gasteiger partial charge in [0, 0.05) is 0 Å². The minimum atomic E-state index is -2.01. The lowest BCUT2D eigenvalue weighted by Crippen LogP contribution is -2.49. The van der Waals surface area contributed by atoms with Gasteiger partial charge in [-0.25, -0.2) is 0 Å². The van der Waals surface area contributed by atoms with E-state index in [1.54, 1.807) is 0 Å². The van der Waals surface area contributed by atoms with Crippen molar-refractivity contribution in [2.75, 3.05) is 19.8 Å². The molecule has 0 heterocycles. The molecule has 0 radical (unpaired) electrons. The molecule has 0 amide bonds. The predicted molar refractivity (Wildman–Crippen MR) is 118 cm³/mol. The SMILES string of the molecule is CCCCCOC(=O)C(CCCCC)(C(=O)OCCCCC)C(=O)OCCCCC. The van der Waals surface area contributed by atoms with Gasteiger partial charge in [-0.15, -0.1) is 0 Å². The second-order valence-electron chi connectivity index (χ2n) is 7.89. The van der Waals surface area contributed by atoms with Crippen molar-refractivity contribution in [3.8, 4) is 0 Å². The second kappa shape index (κ2) is 18.2. The molecule has 0 saturated heterocycles. The molecule has 0 saturated carbocycles. The summed E-state index contributed by atoms with van der Waals surface area (Å²) in [6, 6.07) is 0. The van der Waals surface area contributed by atoms with E-state index < -0.39 is 23.3 Å². The molecule has 176 valence electrons. The van der Waals surface area contributed by atoms with Gasteiger partial charge in [-0.2, -0.15) is 0 Å². The van der Waals surface area contributed by atoms with Gasteiger partial charge in [-0.3, -0.25) is 14.4 Å². The van der Waals surface area contributed by atoms with Gasteiger partial charge in [0.1, 0.15) is 0 Å². The molecule has 0 N–H and O–H groups in total. The van der Waals surface area contributed by atoms with Crippen molar-refractivity contribution in [2.45, 2.75) is 111 Å². The molecule has 6 nitrogen and oxygen atoms in total. The molecule has 0 aromatic heterocycles. The van der Waals surface area contributed by atoms with Crippen molar-refractivity contribution in [1.29, 1.82) is 0 Å². The number of esters is 3. The summed E-state index contributed by atoms with van der Waals surface area (Å²) >= 11 is 0. The van der Waals surface area contributed by atoms with E-state index in [0.717, 1.165) is 51.4 Å². The summed E-state index contributed by atoms with van der Waals surface area (Å²) < 4.78 is 16.2. The normalized spacial score (nSPS) is 11.2. The van der Waals surface area contributed by atoms with Crippen LogP contribution in [-0.4, -0.2) is 37.7 Å². The Morgan fingerprint density at radius 2 is 0.800 bits per heavy atom. The van der Waals surface area contributed by atoms with Crippen molar-refractivity contribution >= 4 is 17.9 Å². The van der Waals surface area contributed by atoms with Crippen LogP contribution in [0.3, 0.4) is 0 Å². The number of unbranched alkanes of at least 4 members (excludes halogenated alkanes) is 8. The molecular formula is C24H44O6. The van der Waals surface area contributed by atoms with Gasteiger partial charge >= 0.3 is 17.9 Å². The maximum atomic E-state index is 13.1. The third-order valence-corrected chi connectivity index (χ3v) is 5.14. The first kappa shape index (κ1) is 28.4. The van der Waals surface area contributed by atoms with E-state index in [9.17, 15) is 14.4 Å². The molecular weight excluding hydrogens is 384 g/mol. The topological polar surface area (TPSA) is 78.9 Å². The quantitative estimate of drug-likeness (QED) is 0.113. The van der Waals surface area contributed by atoms with Crippen molar-refractivity contribution in [3.63, 3.8) is 0 Å². The first-order chi connectivity index (χ1) is 14.5. The minimum absolute atomic E-state index is 0.0622. The van der Waals surface area contributed by atoms with Gasteiger partial charge in [0.15, 0.2) is 0 Å². The summed E-state index contributed by atoms with van der Waals surface area (Å²) in [5.41, 5.74) is -2.01. The zero-order chi connectivity index (χ0) is 22.7. The number of rotatable bonds is 19. The number of ether oxygens (including phenoxy) is 3. The van der Waals surface area contributed by atoms with Crippen LogP contribution < -0.4 is 0 Å². The van der Waals surface area contributed by atoms with Crippen LogP contribution in [0.15, 0.2) is 0 Å². The monoisotopic (exact) mass is 428 g/mol. The van der Waals surface area contributed by atoms with Crippen LogP contribution in [0.4, 0.5) is 0 Å². The molecule has 0 aliphatic rings. The Bertz CT molecular complexity index is 415. The fraction of sp³-hybridized carbons (Fsp3) is 0.875. The van der Waals surface area contributed by atoms with Gasteiger partial charge in [-0.1, -0.05) is 85.5 Å². The Morgan fingerprint density at radius 3 is 1.10 bits per heavy atom. The maximum absolute atomic E-state index is 13.1. The lowest BCUT2D eigenvalue weighted by molar-refractivity contribution is -0.185. The molecule has 0 spiro atoms. The van der Waals surface area contributed by atoms with Gasteiger partial charge in [0.2, 0.25) is 0 Å². The van der Waals surface area contributed by atoms with Crippen LogP contribution in [0.2, 0.25) is 0 Å². The standard InChI is InChI=1S/C24H44O6/c1-5-9-13-17-24(21(25)28-18-14-10-6-2,22(26)29-19-15-11-7-3)23(27)30-20-16-12-8-4/h5-20H2,1-4H3. The maximum Gasteiger partial charge on any atom is 0.335 e. The fourth-order valence-corrected chi connectivity index (χ4v) is 3.12. The number of hydrogen-bond donors (Lipinski definition) is 0. The molecule has 0 atom stereocenters. The highest BCUT2D eigenvalue weighted by atomic mass is 16.6. The van der Waals surface area contributed by atoms with Crippen molar-refractivity contribution < 1.29 is 28.6 Å². The largest absolute Gasteiger partial charge is 0.464 e. The van der Waals surface area contributed by atoms with Crippen LogP contribution in [-0.2, 0) is 28.6 Å². The first-order valence-electron chi connectivity index (χ1n) is 12.0. The highest BCUT2D eigenvalue weighted by Gasteiger charge is 2.56.